The van der Waals surface area contributed by atoms with Gasteiger partial charge < -0.3 is 19.8 Å². The van der Waals surface area contributed by atoms with E-state index in [0.29, 0.717) is 30.2 Å². The van der Waals surface area contributed by atoms with Crippen molar-refractivity contribution in [3.8, 4) is 0 Å². The van der Waals surface area contributed by atoms with Crippen molar-refractivity contribution >= 4 is 23.6 Å². The van der Waals surface area contributed by atoms with Gasteiger partial charge in [-0.1, -0.05) is 54.0 Å². The molecule has 0 saturated heterocycles. The molecule has 1 aromatic heterocycles. The van der Waals surface area contributed by atoms with E-state index >= 15 is 0 Å². The van der Waals surface area contributed by atoms with Crippen molar-refractivity contribution in [3.63, 3.8) is 0 Å². The molecule has 53 heavy (non-hydrogen) atoms. The van der Waals surface area contributed by atoms with Gasteiger partial charge in [-0.2, -0.15) is 0 Å². The predicted molar refractivity (Wildman–Crippen MR) is 203 cm³/mol. The van der Waals surface area contributed by atoms with Gasteiger partial charge in [-0.15, -0.1) is 0 Å². The number of likely N-dealkylation sites (N-methyl/N-ethyl adjacent to an activating group) is 1. The number of amides is 1. The third-order valence-electron chi connectivity index (χ3n) is 16.2. The molecule has 9 heteroatoms. The van der Waals surface area contributed by atoms with Crippen molar-refractivity contribution in [3.05, 3.63) is 41.2 Å². The number of aliphatic hydroxyl groups excluding tert-OH is 1. The molecule has 0 spiro atoms. The number of ether oxygens (including phenoxy) is 1. The summed E-state index contributed by atoms with van der Waals surface area (Å²) in [5.74, 6) is -0.488. The average molecular weight is 733 g/mol. The number of rotatable bonds is 9. The van der Waals surface area contributed by atoms with E-state index in [-0.39, 0.29) is 64.3 Å². The molecule has 2 N–H and O–H groups in total. The number of carbonyl (C=O) groups is 4. The Bertz CT molecular complexity index is 1680. The van der Waals surface area contributed by atoms with Crippen LogP contribution in [0.2, 0.25) is 0 Å². The molecule has 0 unspecified atom stereocenters. The van der Waals surface area contributed by atoms with E-state index in [1.807, 2.05) is 0 Å². The zero-order valence-corrected chi connectivity index (χ0v) is 33.9. The summed E-state index contributed by atoms with van der Waals surface area (Å²) in [7, 11) is 1.73. The molecule has 1 heterocycles. The lowest BCUT2D eigenvalue weighted by molar-refractivity contribution is -0.235. The van der Waals surface area contributed by atoms with Crippen LogP contribution in [0.4, 0.5) is 0 Å². The number of pyridine rings is 1. The third kappa shape index (κ3) is 6.01. The van der Waals surface area contributed by atoms with Crippen LogP contribution < -0.4 is 0 Å². The summed E-state index contributed by atoms with van der Waals surface area (Å²) in [6.07, 6.45) is 9.57. The first-order valence-electron chi connectivity index (χ1n) is 20.1. The first-order valence-corrected chi connectivity index (χ1v) is 20.1. The fourth-order valence-electron chi connectivity index (χ4n) is 13.1. The predicted octanol–water partition coefficient (Wildman–Crippen LogP) is 7.91. The first-order chi connectivity index (χ1) is 24.6. The van der Waals surface area contributed by atoms with Gasteiger partial charge in [0, 0.05) is 43.2 Å². The summed E-state index contributed by atoms with van der Waals surface area (Å²) in [6, 6.07) is 3.48. The summed E-state index contributed by atoms with van der Waals surface area (Å²) < 4.78 is 6.15. The lowest BCUT2D eigenvalue weighted by Crippen LogP contribution is -2.66. The fourth-order valence-corrected chi connectivity index (χ4v) is 13.1. The molecule has 0 bridgehead atoms. The largest absolute Gasteiger partial charge is 0.481 e. The molecule has 6 rings (SSSR count). The van der Waals surface area contributed by atoms with Crippen LogP contribution in [0.5, 0.6) is 0 Å². The summed E-state index contributed by atoms with van der Waals surface area (Å²) in [5.41, 5.74) is 0.381. The second kappa shape index (κ2) is 13.3. The van der Waals surface area contributed by atoms with Crippen molar-refractivity contribution in [1.29, 1.82) is 0 Å². The Morgan fingerprint density at radius 2 is 1.68 bits per heavy atom. The summed E-state index contributed by atoms with van der Waals surface area (Å²) in [6.45, 7) is 19.5. The normalized spacial score (nSPS) is 36.9. The van der Waals surface area contributed by atoms with Crippen LogP contribution in [-0.2, 0) is 19.1 Å². The van der Waals surface area contributed by atoms with E-state index in [1.165, 1.54) is 5.57 Å². The molecule has 1 aromatic rings. The average Bonchev–Trinajstić information content (AvgIpc) is 3.39. The molecule has 4 saturated carbocycles. The zero-order chi connectivity index (χ0) is 39.1. The molecule has 0 radical (unpaired) electrons. The Morgan fingerprint density at radius 1 is 0.981 bits per heavy atom. The van der Waals surface area contributed by atoms with Gasteiger partial charge in [0.1, 0.15) is 6.10 Å². The number of ketones is 1. The Morgan fingerprint density at radius 3 is 2.30 bits per heavy atom. The highest BCUT2D eigenvalue weighted by molar-refractivity contribution is 6.01. The van der Waals surface area contributed by atoms with Crippen molar-refractivity contribution in [2.24, 2.45) is 56.2 Å². The van der Waals surface area contributed by atoms with E-state index in [2.05, 4.69) is 53.5 Å². The van der Waals surface area contributed by atoms with Crippen molar-refractivity contribution in [2.45, 2.75) is 139 Å². The summed E-state index contributed by atoms with van der Waals surface area (Å²) >= 11 is 0. The lowest BCUT2D eigenvalue weighted by atomic mass is 9.33. The number of aliphatic carboxylic acids is 1. The van der Waals surface area contributed by atoms with Gasteiger partial charge in [0.05, 0.1) is 23.5 Å². The van der Waals surface area contributed by atoms with Crippen LogP contribution in [0.3, 0.4) is 0 Å². The maximum atomic E-state index is 14.1. The minimum absolute atomic E-state index is 0.00280. The first kappa shape index (κ1) is 39.6. The Labute approximate surface area is 316 Å². The van der Waals surface area contributed by atoms with E-state index in [4.69, 9.17) is 4.74 Å². The standard InChI is InChI=1S/C44H64N2O7/c1-26(2)35-29(47)22-44(32(48)25-46(10)37(50)27-12-11-21-45-24-27)20-19-42(8)28(36(35)44)13-14-31-41(7)17-16-33(53-34(49)23-39(3,4)38(51)52)40(5,6)30(41)15-18-43(31,42)9/h11-12,21,24,26,28,30-33,48H,13-20,22-23,25H2,1-10H3,(H,51,52)/t28-,30-,31-,32+,33+,41+,42-,43-,44+/m1/s1. The monoisotopic (exact) mass is 732 g/mol. The number of carboxylic acids is 1. The van der Waals surface area contributed by atoms with Crippen molar-refractivity contribution in [1.82, 2.24) is 9.88 Å². The van der Waals surface area contributed by atoms with E-state index in [0.717, 1.165) is 50.5 Å². The van der Waals surface area contributed by atoms with Gasteiger partial charge in [-0.05, 0) is 123 Å². The number of fused-ring (bicyclic) bond motifs is 7. The van der Waals surface area contributed by atoms with Gasteiger partial charge in [-0.25, -0.2) is 0 Å². The molecular formula is C44H64N2O7. The number of aromatic nitrogens is 1. The number of hydrogen-bond donors (Lipinski definition) is 2. The molecule has 0 aliphatic heterocycles. The van der Waals surface area contributed by atoms with Crippen molar-refractivity contribution in [2.75, 3.05) is 13.6 Å². The zero-order valence-electron chi connectivity index (χ0n) is 33.9. The summed E-state index contributed by atoms with van der Waals surface area (Å²) in [4.78, 5) is 58.0. The maximum Gasteiger partial charge on any atom is 0.309 e. The molecule has 9 nitrogen and oxygen atoms in total. The van der Waals surface area contributed by atoms with Crippen LogP contribution in [-0.4, -0.2) is 69.5 Å². The van der Waals surface area contributed by atoms with E-state index < -0.39 is 28.9 Å². The highest BCUT2D eigenvalue weighted by atomic mass is 16.5. The highest BCUT2D eigenvalue weighted by Crippen LogP contribution is 2.77. The van der Waals surface area contributed by atoms with E-state index in [9.17, 15) is 29.4 Å². The number of carboxylic acid groups (broad SMARTS) is 1. The topological polar surface area (TPSA) is 134 Å². The molecule has 1 amide bonds. The number of Topliss-reactive ketones (excluding diaryl/α,β-unsaturated/α-hetero) is 1. The Kier molecular flexibility index (Phi) is 9.94. The Balaban J connectivity index is 1.28. The van der Waals surface area contributed by atoms with Gasteiger partial charge >= 0.3 is 11.9 Å². The summed E-state index contributed by atoms with van der Waals surface area (Å²) in [5, 5.41) is 21.9. The minimum atomic E-state index is -1.18. The maximum absolute atomic E-state index is 14.1. The Hall–Kier alpha value is -3.07. The molecule has 292 valence electrons. The number of aliphatic hydroxyl groups is 1. The number of hydrogen-bond acceptors (Lipinski definition) is 7. The van der Waals surface area contributed by atoms with Gasteiger partial charge in [-0.3, -0.25) is 24.2 Å². The number of esters is 1. The number of carbonyl (C=O) groups excluding carboxylic acids is 3. The molecule has 4 fully saturated rings. The molecule has 5 aliphatic rings. The van der Waals surface area contributed by atoms with E-state index in [1.54, 1.807) is 50.3 Å². The van der Waals surface area contributed by atoms with Crippen LogP contribution in [0, 0.1) is 56.2 Å². The van der Waals surface area contributed by atoms with Crippen LogP contribution in [0.1, 0.15) is 137 Å². The van der Waals surface area contributed by atoms with Gasteiger partial charge in [0.25, 0.3) is 5.91 Å². The minimum Gasteiger partial charge on any atom is -0.481 e. The lowest BCUT2D eigenvalue weighted by Gasteiger charge is -2.72. The highest BCUT2D eigenvalue weighted by Gasteiger charge is 2.71. The molecule has 5 aliphatic carbocycles. The van der Waals surface area contributed by atoms with Gasteiger partial charge in [0.2, 0.25) is 0 Å². The fraction of sp³-hybridized carbons (Fsp3) is 0.750. The molecular weight excluding hydrogens is 668 g/mol. The SMILES string of the molecule is CC(C)C1=C2[C@H]3CC[C@@H]4[C@@]5(C)CC[C@H](OC(=O)CC(C)(C)C(=O)O)C(C)(C)[C@H]5CC[C@@]4(C)[C@]3(C)CC[C@@]2([C@@H](O)CN(C)C(=O)c2cccnc2)CC1=O. The second-order valence-corrected chi connectivity index (χ2v) is 20.0. The molecule has 0 aromatic carbocycles. The third-order valence-corrected chi connectivity index (χ3v) is 16.2. The molecule has 9 atom stereocenters. The van der Waals surface area contributed by atoms with Crippen LogP contribution >= 0.6 is 0 Å². The number of nitrogens with zero attached hydrogens (tertiary/aromatic N) is 2. The van der Waals surface area contributed by atoms with Crippen molar-refractivity contribution < 1.29 is 34.1 Å². The smallest absolute Gasteiger partial charge is 0.309 e. The van der Waals surface area contributed by atoms with Gasteiger partial charge in [0.15, 0.2) is 5.78 Å². The second-order valence-electron chi connectivity index (χ2n) is 20.0. The quantitative estimate of drug-likeness (QED) is 0.245. The number of allylic oxidation sites excluding steroid dienone is 1. The van der Waals surface area contributed by atoms with Crippen LogP contribution in [0.25, 0.3) is 0 Å². The van der Waals surface area contributed by atoms with Crippen LogP contribution in [0.15, 0.2) is 35.7 Å².